The highest BCUT2D eigenvalue weighted by Gasteiger charge is 2.09. The smallest absolute Gasteiger partial charge is 0.224 e. The Hall–Kier alpha value is -2.54. The van der Waals surface area contributed by atoms with Crippen LogP contribution in [0.5, 0.6) is 11.5 Å². The first-order valence-corrected chi connectivity index (χ1v) is 8.05. The fourth-order valence-corrected chi connectivity index (χ4v) is 2.91. The Morgan fingerprint density at radius 2 is 1.92 bits per heavy atom. The Morgan fingerprint density at radius 3 is 2.62 bits per heavy atom. The summed E-state index contributed by atoms with van der Waals surface area (Å²) in [7, 11) is 5.16. The second-order valence-electron chi connectivity index (χ2n) is 5.08. The van der Waals surface area contributed by atoms with E-state index in [1.807, 2.05) is 41.9 Å². The van der Waals surface area contributed by atoms with Gasteiger partial charge in [0.25, 0.3) is 0 Å². The molecule has 7 heteroatoms. The van der Waals surface area contributed by atoms with Gasteiger partial charge in [0.2, 0.25) is 5.95 Å². The maximum atomic E-state index is 5.38. The number of imidazole rings is 1. The molecule has 0 bridgehead atoms. The first-order chi connectivity index (χ1) is 11.6. The number of fused-ring (bicyclic) bond motifs is 1. The van der Waals surface area contributed by atoms with Crippen LogP contribution in [0.2, 0.25) is 0 Å². The van der Waals surface area contributed by atoms with Crippen molar-refractivity contribution < 1.29 is 9.47 Å². The van der Waals surface area contributed by atoms with E-state index >= 15 is 0 Å². The Morgan fingerprint density at radius 1 is 1.17 bits per heavy atom. The highest BCUT2D eigenvalue weighted by molar-refractivity contribution is 9.10. The molecule has 0 saturated carbocycles. The molecule has 0 spiro atoms. The molecule has 0 atom stereocenters. The maximum absolute atomic E-state index is 5.38. The van der Waals surface area contributed by atoms with Gasteiger partial charge in [-0.2, -0.15) is 5.10 Å². The van der Waals surface area contributed by atoms with Gasteiger partial charge in [-0.25, -0.2) is 10.4 Å². The van der Waals surface area contributed by atoms with Crippen LogP contribution < -0.4 is 14.9 Å². The Bertz CT molecular complexity index is 905. The molecule has 0 radical (unpaired) electrons. The number of rotatable bonds is 5. The van der Waals surface area contributed by atoms with Crippen molar-refractivity contribution in [2.24, 2.45) is 12.1 Å². The van der Waals surface area contributed by atoms with E-state index in [-0.39, 0.29) is 0 Å². The molecule has 124 valence electrons. The summed E-state index contributed by atoms with van der Waals surface area (Å²) in [5.41, 5.74) is 5.75. The number of nitrogens with zero attached hydrogens (tertiary/aromatic N) is 3. The lowest BCUT2D eigenvalue weighted by atomic mass is 10.2. The number of hydrazone groups is 1. The summed E-state index contributed by atoms with van der Waals surface area (Å²) in [6, 6.07) is 11.6. The lowest BCUT2D eigenvalue weighted by Gasteiger charge is -2.09. The second kappa shape index (κ2) is 6.92. The van der Waals surface area contributed by atoms with Crippen LogP contribution in [-0.2, 0) is 7.05 Å². The molecule has 0 fully saturated rings. The number of aryl methyl sites for hydroxylation is 1. The van der Waals surface area contributed by atoms with E-state index in [1.54, 1.807) is 26.5 Å². The van der Waals surface area contributed by atoms with Gasteiger partial charge in [0, 0.05) is 18.7 Å². The van der Waals surface area contributed by atoms with Crippen molar-refractivity contribution in [2.45, 2.75) is 0 Å². The summed E-state index contributed by atoms with van der Waals surface area (Å²) in [5, 5.41) is 4.27. The van der Waals surface area contributed by atoms with Crippen molar-refractivity contribution in [3.05, 3.63) is 46.4 Å². The van der Waals surface area contributed by atoms with Gasteiger partial charge in [-0.15, -0.1) is 0 Å². The van der Waals surface area contributed by atoms with Crippen LogP contribution in [0.1, 0.15) is 5.56 Å². The largest absolute Gasteiger partial charge is 0.496 e. The van der Waals surface area contributed by atoms with Crippen LogP contribution in [0.3, 0.4) is 0 Å². The zero-order valence-corrected chi connectivity index (χ0v) is 15.2. The third-order valence-electron chi connectivity index (χ3n) is 3.66. The van der Waals surface area contributed by atoms with Crippen molar-refractivity contribution in [1.82, 2.24) is 9.55 Å². The number of benzene rings is 2. The Balaban J connectivity index is 1.85. The van der Waals surface area contributed by atoms with Crippen LogP contribution in [0.4, 0.5) is 5.95 Å². The first kappa shape index (κ1) is 16.3. The molecule has 3 aromatic rings. The highest BCUT2D eigenvalue weighted by Crippen LogP contribution is 2.32. The number of para-hydroxylation sites is 2. The molecule has 0 aliphatic heterocycles. The predicted molar refractivity (Wildman–Crippen MR) is 99.2 cm³/mol. The first-order valence-electron chi connectivity index (χ1n) is 7.26. The molecule has 1 N–H and O–H groups in total. The van der Waals surface area contributed by atoms with E-state index < -0.39 is 0 Å². The number of nitrogens with one attached hydrogen (secondary N) is 1. The molecule has 3 rings (SSSR count). The SMILES string of the molecule is COc1cc(OC)c(/C=N\Nc2nc3ccccc3n2C)cc1Br. The van der Waals surface area contributed by atoms with Gasteiger partial charge in [0.15, 0.2) is 0 Å². The molecule has 0 aliphatic carbocycles. The minimum absolute atomic E-state index is 0.666. The predicted octanol–water partition coefficient (Wildman–Crippen LogP) is 3.80. The van der Waals surface area contributed by atoms with E-state index in [0.29, 0.717) is 17.4 Å². The third-order valence-corrected chi connectivity index (χ3v) is 4.28. The van der Waals surface area contributed by atoms with Gasteiger partial charge < -0.3 is 14.0 Å². The number of methoxy groups -OCH3 is 2. The molecule has 0 unspecified atom stereocenters. The van der Waals surface area contributed by atoms with Crippen molar-refractivity contribution in [2.75, 3.05) is 19.6 Å². The van der Waals surface area contributed by atoms with Crippen LogP contribution in [0.25, 0.3) is 11.0 Å². The Kier molecular flexibility index (Phi) is 4.71. The topological polar surface area (TPSA) is 60.7 Å². The molecular weight excluding hydrogens is 372 g/mol. The van der Waals surface area contributed by atoms with E-state index in [9.17, 15) is 0 Å². The lowest BCUT2D eigenvalue weighted by Crippen LogP contribution is -2.00. The lowest BCUT2D eigenvalue weighted by molar-refractivity contribution is 0.392. The minimum atomic E-state index is 0.666. The van der Waals surface area contributed by atoms with Gasteiger partial charge in [0.1, 0.15) is 11.5 Å². The average Bonchev–Trinajstić information content (AvgIpc) is 2.92. The average molecular weight is 389 g/mol. The molecule has 0 saturated heterocycles. The third kappa shape index (κ3) is 3.07. The van der Waals surface area contributed by atoms with Crippen molar-refractivity contribution in [3.8, 4) is 11.5 Å². The van der Waals surface area contributed by atoms with Gasteiger partial charge >= 0.3 is 0 Å². The summed E-state index contributed by atoms with van der Waals surface area (Å²) >= 11 is 3.46. The number of halogens is 1. The number of aromatic nitrogens is 2. The van der Waals surface area contributed by atoms with E-state index in [2.05, 4.69) is 31.4 Å². The van der Waals surface area contributed by atoms with Crippen molar-refractivity contribution in [1.29, 1.82) is 0 Å². The van der Waals surface area contributed by atoms with Gasteiger partial charge in [-0.05, 0) is 34.1 Å². The zero-order chi connectivity index (χ0) is 17.1. The number of ether oxygens (including phenoxy) is 2. The number of anilines is 1. The van der Waals surface area contributed by atoms with Crippen LogP contribution in [0, 0.1) is 0 Å². The molecule has 0 aliphatic rings. The number of hydrogen-bond acceptors (Lipinski definition) is 5. The minimum Gasteiger partial charge on any atom is -0.496 e. The maximum Gasteiger partial charge on any atom is 0.224 e. The molecule has 24 heavy (non-hydrogen) atoms. The van der Waals surface area contributed by atoms with E-state index in [1.165, 1.54) is 0 Å². The summed E-state index contributed by atoms with van der Waals surface area (Å²) in [4.78, 5) is 4.51. The normalized spacial score (nSPS) is 11.2. The monoisotopic (exact) mass is 388 g/mol. The molecule has 6 nitrogen and oxygen atoms in total. The summed E-state index contributed by atoms with van der Waals surface area (Å²) in [5.74, 6) is 2.04. The zero-order valence-electron chi connectivity index (χ0n) is 13.6. The second-order valence-corrected chi connectivity index (χ2v) is 5.94. The van der Waals surface area contributed by atoms with E-state index in [4.69, 9.17) is 9.47 Å². The molecule has 0 amide bonds. The van der Waals surface area contributed by atoms with Gasteiger partial charge in [0.05, 0.1) is 35.9 Å². The summed E-state index contributed by atoms with van der Waals surface area (Å²) < 4.78 is 13.4. The standard InChI is InChI=1S/C17H17BrN4O2/c1-22-14-7-5-4-6-13(14)20-17(22)21-19-10-11-8-12(18)16(24-3)9-15(11)23-2/h4-10H,1-3H3,(H,20,21)/b19-10-. The van der Waals surface area contributed by atoms with Crippen LogP contribution >= 0.6 is 15.9 Å². The van der Waals surface area contributed by atoms with Gasteiger partial charge in [-0.3, -0.25) is 0 Å². The molecular formula is C17H17BrN4O2. The quantitative estimate of drug-likeness (QED) is 0.533. The van der Waals surface area contributed by atoms with Crippen molar-refractivity contribution >= 4 is 39.1 Å². The molecule has 1 aromatic heterocycles. The highest BCUT2D eigenvalue weighted by atomic mass is 79.9. The molecule has 1 heterocycles. The summed E-state index contributed by atoms with van der Waals surface area (Å²) in [6.45, 7) is 0. The van der Waals surface area contributed by atoms with Crippen molar-refractivity contribution in [3.63, 3.8) is 0 Å². The van der Waals surface area contributed by atoms with Gasteiger partial charge in [-0.1, -0.05) is 12.1 Å². The fraction of sp³-hybridized carbons (Fsp3) is 0.176. The van der Waals surface area contributed by atoms with E-state index in [0.717, 1.165) is 21.1 Å². The van der Waals surface area contributed by atoms with Crippen LogP contribution in [0.15, 0.2) is 46.0 Å². The Labute approximate surface area is 148 Å². The number of hydrogen-bond donors (Lipinski definition) is 1. The van der Waals surface area contributed by atoms with Crippen LogP contribution in [-0.4, -0.2) is 30.0 Å². The fourth-order valence-electron chi connectivity index (χ4n) is 2.39. The molecule has 2 aromatic carbocycles. The summed E-state index contributed by atoms with van der Waals surface area (Å²) in [6.07, 6.45) is 1.68.